The minimum absolute atomic E-state index is 0. The summed E-state index contributed by atoms with van der Waals surface area (Å²) in [5.74, 6) is -0.653. The second-order valence-electron chi connectivity index (χ2n) is 6.38. The molecule has 0 saturated carbocycles. The zero-order valence-corrected chi connectivity index (χ0v) is 15.5. The molecule has 0 bridgehead atoms. The summed E-state index contributed by atoms with van der Waals surface area (Å²) in [6.45, 7) is 2.27. The van der Waals surface area contributed by atoms with E-state index in [9.17, 15) is 4.79 Å². The molecule has 0 aromatic carbocycles. The minimum Gasteiger partial charge on any atom is 0.316 e. The largest absolute Gasteiger partial charge is 0.316 e. The molecule has 0 aromatic rings. The van der Waals surface area contributed by atoms with Gasteiger partial charge in [-0.3, -0.25) is 4.79 Å². The van der Waals surface area contributed by atoms with E-state index in [2.05, 4.69) is 6.92 Å². The van der Waals surface area contributed by atoms with Gasteiger partial charge in [-0.05, 0) is 6.42 Å². The Balaban J connectivity index is -0.000000363. The van der Waals surface area contributed by atoms with Crippen molar-refractivity contribution in [3.63, 3.8) is 0 Å². The Hall–Kier alpha value is 0.766. The van der Waals surface area contributed by atoms with E-state index in [1.165, 1.54) is 83.5 Å². The fourth-order valence-electron chi connectivity index (χ4n) is 2.65. The average Bonchev–Trinajstić information content (AvgIpc) is 2.50. The number of hydrogen-bond acceptors (Lipinski definition) is 2. The molecule has 7 heteroatoms. The van der Waals surface area contributed by atoms with Gasteiger partial charge in [0.25, 0.3) is 0 Å². The van der Waals surface area contributed by atoms with Crippen molar-refractivity contribution in [2.24, 2.45) is 0 Å². The summed E-state index contributed by atoms with van der Waals surface area (Å²) in [5.41, 5.74) is 0. The molecule has 0 aliphatic heterocycles. The van der Waals surface area contributed by atoms with E-state index >= 15 is 0 Å². The van der Waals surface area contributed by atoms with Gasteiger partial charge in [0, 0.05) is 6.42 Å². The van der Waals surface area contributed by atoms with E-state index < -0.39 is 12.1 Å². The van der Waals surface area contributed by atoms with Crippen LogP contribution in [-0.2, 0) is 4.79 Å². The van der Waals surface area contributed by atoms with Crippen LogP contribution in [-0.4, -0.2) is 88.2 Å². The normalized spacial score (nSPS) is 9.27. The molecule has 0 aliphatic carbocycles. The number of unbranched alkanes of at least 4 members (excludes halogenated alkanes) is 14. The van der Waals surface area contributed by atoms with Gasteiger partial charge in [-0.25, -0.2) is 4.79 Å². The minimum atomic E-state index is -1.83. The molecule has 0 heterocycles. The topological polar surface area (TPSA) is 94.8 Å². The Labute approximate surface area is 205 Å². The van der Waals surface area contributed by atoms with Gasteiger partial charge < -0.3 is 15.3 Å². The van der Waals surface area contributed by atoms with E-state index in [1.54, 1.807) is 0 Å². The smallest absolute Gasteiger partial charge is 0.316 e. The first-order valence-corrected chi connectivity index (χ1v) is 9.64. The molecule has 0 saturated heterocycles. The summed E-state index contributed by atoms with van der Waals surface area (Å²) >= 11 is 0. The summed E-state index contributed by atoms with van der Waals surface area (Å²) in [6, 6.07) is 0. The van der Waals surface area contributed by atoms with Crippen LogP contribution in [0.25, 0.3) is 0 Å². The molecule has 0 fully saturated rings. The van der Waals surface area contributed by atoms with Crippen LogP contribution in [0.5, 0.6) is 0 Å². The molecule has 0 atom stereocenters. The molecule has 26 heavy (non-hydrogen) atoms. The molecule has 152 valence electrons. The van der Waals surface area contributed by atoms with Crippen molar-refractivity contribution in [2.75, 3.05) is 0 Å². The molecular weight excluding hydrogens is 373 g/mol. The van der Waals surface area contributed by atoms with Gasteiger partial charge in [0.1, 0.15) is 0 Å². The van der Waals surface area contributed by atoms with Crippen LogP contribution in [0.3, 0.4) is 0 Å². The Morgan fingerprint density at radius 1 is 0.577 bits per heavy atom. The number of carbonyl (C=O) groups is 2. The third-order valence-corrected chi connectivity index (χ3v) is 3.99. The van der Waals surface area contributed by atoms with Crippen LogP contribution in [0.2, 0.25) is 0 Å². The average molecular weight is 415 g/mol. The maximum atomic E-state index is 10.3. The number of rotatable bonds is 16. The first kappa shape index (κ1) is 34.3. The Kier molecular flexibility index (Phi) is 40.2. The van der Waals surface area contributed by atoms with E-state index in [1.807, 2.05) is 0 Å². The summed E-state index contributed by atoms with van der Waals surface area (Å²) in [5, 5.41) is 22.5. The number of carboxylic acid groups (broad SMARTS) is 3. The van der Waals surface area contributed by atoms with Crippen molar-refractivity contribution in [3.05, 3.63) is 0 Å². The zero-order valence-electron chi connectivity index (χ0n) is 15.5. The molecular formula is C19H42CaMgO5. The van der Waals surface area contributed by atoms with Crippen LogP contribution < -0.4 is 0 Å². The van der Waals surface area contributed by atoms with Crippen LogP contribution in [0.1, 0.15) is 110 Å². The second-order valence-corrected chi connectivity index (χ2v) is 6.38. The Morgan fingerprint density at radius 3 is 1.04 bits per heavy atom. The fraction of sp³-hybridized carbons (Fsp3) is 0.895. The van der Waals surface area contributed by atoms with E-state index in [0.29, 0.717) is 6.42 Å². The molecule has 5 nitrogen and oxygen atoms in total. The van der Waals surface area contributed by atoms with Gasteiger partial charge in [0.2, 0.25) is 0 Å². The Bertz CT molecular complexity index is 287. The zero-order chi connectivity index (χ0) is 18.5. The van der Waals surface area contributed by atoms with E-state index in [4.69, 9.17) is 20.1 Å². The standard InChI is InChI=1S/C18H36O2.CH2O3.Ca.Mg.4H/c1-2-3-4-5-6-7-8-9-10-11-12-13-14-15-16-17-18(19)20;2-1(3)4;;;;;;/h2-17H2,1H3,(H,19,20);(H2,2,3,4);;;;;;. The maximum Gasteiger partial charge on any atom is 0.316 e. The molecule has 0 radical (unpaired) electrons. The van der Waals surface area contributed by atoms with E-state index in [-0.39, 0.29) is 60.8 Å². The van der Waals surface area contributed by atoms with Crippen LogP contribution in [0, 0.1) is 0 Å². The van der Waals surface area contributed by atoms with Crippen LogP contribution in [0.15, 0.2) is 0 Å². The predicted octanol–water partition coefficient (Wildman–Crippen LogP) is 4.72. The maximum absolute atomic E-state index is 10.3. The van der Waals surface area contributed by atoms with Crippen LogP contribution >= 0.6 is 0 Å². The molecule has 0 spiro atoms. The molecule has 0 aliphatic rings. The number of hydrogen-bond donors (Lipinski definition) is 3. The van der Waals surface area contributed by atoms with Gasteiger partial charge in [-0.1, -0.05) is 96.8 Å². The van der Waals surface area contributed by atoms with Crippen molar-refractivity contribution >= 4 is 72.9 Å². The number of carboxylic acids is 1. The summed E-state index contributed by atoms with van der Waals surface area (Å²) in [7, 11) is 0. The van der Waals surface area contributed by atoms with Gasteiger partial charge in [-0.2, -0.15) is 0 Å². The molecule has 0 amide bonds. The third kappa shape index (κ3) is 44.3. The molecule has 0 unspecified atom stereocenters. The molecule has 0 aromatic heterocycles. The first-order chi connectivity index (χ1) is 11.5. The first-order valence-electron chi connectivity index (χ1n) is 9.64. The molecule has 0 rings (SSSR count). The van der Waals surface area contributed by atoms with Gasteiger partial charge in [0.05, 0.1) is 0 Å². The third-order valence-electron chi connectivity index (χ3n) is 3.99. The quantitative estimate of drug-likeness (QED) is 0.251. The van der Waals surface area contributed by atoms with Gasteiger partial charge in [0.15, 0.2) is 0 Å². The van der Waals surface area contributed by atoms with E-state index in [0.717, 1.165) is 12.8 Å². The predicted molar refractivity (Wildman–Crippen MR) is 115 cm³/mol. The van der Waals surface area contributed by atoms with Crippen molar-refractivity contribution in [1.82, 2.24) is 0 Å². The monoisotopic (exact) mass is 414 g/mol. The van der Waals surface area contributed by atoms with Gasteiger partial charge >= 0.3 is 72.9 Å². The molecule has 3 N–H and O–H groups in total. The fourth-order valence-corrected chi connectivity index (χ4v) is 2.65. The Morgan fingerprint density at radius 2 is 0.808 bits per heavy atom. The summed E-state index contributed by atoms with van der Waals surface area (Å²) in [4.78, 5) is 18.9. The second kappa shape index (κ2) is 30.5. The van der Waals surface area contributed by atoms with Crippen molar-refractivity contribution < 1.29 is 24.9 Å². The van der Waals surface area contributed by atoms with Crippen molar-refractivity contribution in [2.45, 2.75) is 110 Å². The number of aliphatic carboxylic acids is 1. The summed E-state index contributed by atoms with van der Waals surface area (Å²) < 4.78 is 0. The SMILES string of the molecule is CCCCCCCCCCCCCCCCCC(=O)O.O=C(O)O.[CaH2].[MgH2]. The van der Waals surface area contributed by atoms with Crippen molar-refractivity contribution in [3.8, 4) is 0 Å². The van der Waals surface area contributed by atoms with Crippen molar-refractivity contribution in [1.29, 1.82) is 0 Å². The van der Waals surface area contributed by atoms with Gasteiger partial charge in [-0.15, -0.1) is 0 Å². The summed E-state index contributed by atoms with van der Waals surface area (Å²) in [6.07, 6.45) is 18.4. The van der Waals surface area contributed by atoms with Crippen LogP contribution in [0.4, 0.5) is 4.79 Å².